The maximum Gasteiger partial charge on any atom is 0.130 e. The van der Waals surface area contributed by atoms with E-state index < -0.39 is 0 Å². The highest BCUT2D eigenvalue weighted by Gasteiger charge is 1.92. The van der Waals surface area contributed by atoms with Crippen molar-refractivity contribution in [3.8, 4) is 0 Å². The van der Waals surface area contributed by atoms with E-state index in [-0.39, 0.29) is 5.82 Å². The Balaban J connectivity index is 3.55. The van der Waals surface area contributed by atoms with E-state index >= 15 is 0 Å². The largest absolute Gasteiger partial charge is 0.206 e. The molecule has 1 rings (SSSR count). The highest BCUT2D eigenvalue weighted by Crippen LogP contribution is 1.92. The van der Waals surface area contributed by atoms with E-state index in [1.165, 1.54) is 6.07 Å². The van der Waals surface area contributed by atoms with Crippen LogP contribution in [0.4, 0.5) is 4.39 Å². The van der Waals surface area contributed by atoms with Crippen molar-refractivity contribution in [3.63, 3.8) is 0 Å². The molecule has 0 aliphatic rings. The molecule has 0 unspecified atom stereocenters. The molecule has 0 amide bonds. The first kappa shape index (κ1) is 9.72. The molecule has 1 aromatic carbocycles. The van der Waals surface area contributed by atoms with Gasteiger partial charge in [-0.25, -0.2) is 4.39 Å². The van der Waals surface area contributed by atoms with Gasteiger partial charge in [0.2, 0.25) is 0 Å². The van der Waals surface area contributed by atoms with Gasteiger partial charge in [-0.3, -0.25) is 0 Å². The molecule has 0 heterocycles. The maximum absolute atomic E-state index is 13.1. The minimum atomic E-state index is -0.249. The van der Waals surface area contributed by atoms with E-state index in [1.807, 2.05) is 32.1 Å². The van der Waals surface area contributed by atoms with Gasteiger partial charge in [-0.1, -0.05) is 30.9 Å². The number of rotatable bonds is 1. The maximum atomic E-state index is 13.1. The Morgan fingerprint density at radius 1 is 1.46 bits per heavy atom. The van der Waals surface area contributed by atoms with Gasteiger partial charge < -0.3 is 0 Å². The van der Waals surface area contributed by atoms with Crippen molar-refractivity contribution in [2.45, 2.75) is 13.8 Å². The van der Waals surface area contributed by atoms with Crippen LogP contribution in [-0.4, -0.2) is 0 Å². The second kappa shape index (κ2) is 4.04. The van der Waals surface area contributed by atoms with Crippen LogP contribution in [0.2, 0.25) is 0 Å². The molecule has 0 N–H and O–H groups in total. The van der Waals surface area contributed by atoms with Gasteiger partial charge in [-0.15, -0.1) is 0 Å². The van der Waals surface area contributed by atoms with Crippen LogP contribution in [0.3, 0.4) is 0 Å². The molecule has 0 saturated heterocycles. The fourth-order valence-electron chi connectivity index (χ4n) is 1.27. The van der Waals surface area contributed by atoms with Gasteiger partial charge in [0.25, 0.3) is 0 Å². The van der Waals surface area contributed by atoms with Crippen molar-refractivity contribution in [3.05, 3.63) is 46.6 Å². The standard InChI is InChI=1S/C12H13F/c1-4-6-9(2)11-7-5-8-12(13)10(11)3/h4-8H,3H2,1-2H3/b6-4-,11-9-. The van der Waals surface area contributed by atoms with Crippen LogP contribution in [0.1, 0.15) is 13.8 Å². The molecule has 0 bridgehead atoms. The summed E-state index contributed by atoms with van der Waals surface area (Å²) in [6.45, 7) is 7.58. The molecule has 0 radical (unpaired) electrons. The molecule has 1 aromatic rings. The van der Waals surface area contributed by atoms with E-state index in [0.717, 1.165) is 10.8 Å². The average Bonchev–Trinajstić information content (AvgIpc) is 2.10. The van der Waals surface area contributed by atoms with Gasteiger partial charge in [-0.2, -0.15) is 0 Å². The zero-order valence-corrected chi connectivity index (χ0v) is 7.97. The molecule has 0 aliphatic heterocycles. The van der Waals surface area contributed by atoms with Crippen molar-refractivity contribution < 1.29 is 4.39 Å². The third-order valence-electron chi connectivity index (χ3n) is 1.96. The lowest BCUT2D eigenvalue weighted by molar-refractivity contribution is 0.618. The fourth-order valence-corrected chi connectivity index (χ4v) is 1.27. The number of halogens is 1. The minimum Gasteiger partial charge on any atom is -0.206 e. The van der Waals surface area contributed by atoms with E-state index in [1.54, 1.807) is 6.07 Å². The van der Waals surface area contributed by atoms with Crippen molar-refractivity contribution in [2.24, 2.45) is 0 Å². The normalized spacial score (nSPS) is 13.5. The minimum absolute atomic E-state index is 0.249. The second-order valence-corrected chi connectivity index (χ2v) is 2.95. The Bertz CT molecular complexity index is 427. The molecule has 0 saturated carbocycles. The molecule has 0 fully saturated rings. The summed E-state index contributed by atoms with van der Waals surface area (Å²) < 4.78 is 13.1. The van der Waals surface area contributed by atoms with Gasteiger partial charge in [0.15, 0.2) is 0 Å². The van der Waals surface area contributed by atoms with Gasteiger partial charge >= 0.3 is 0 Å². The van der Waals surface area contributed by atoms with Crippen LogP contribution in [0.5, 0.6) is 0 Å². The van der Waals surface area contributed by atoms with Crippen LogP contribution in [0.25, 0.3) is 12.2 Å². The van der Waals surface area contributed by atoms with Gasteiger partial charge in [-0.05, 0) is 30.7 Å². The van der Waals surface area contributed by atoms with E-state index in [4.69, 9.17) is 0 Å². The number of allylic oxidation sites excluding steroid dienone is 2. The highest BCUT2D eigenvalue weighted by molar-refractivity contribution is 5.54. The Hall–Kier alpha value is -1.37. The van der Waals surface area contributed by atoms with Crippen LogP contribution in [0, 0.1) is 5.82 Å². The molecule has 0 aliphatic carbocycles. The van der Waals surface area contributed by atoms with E-state index in [9.17, 15) is 4.39 Å². The zero-order valence-electron chi connectivity index (χ0n) is 7.97. The summed E-state index contributed by atoms with van der Waals surface area (Å²) in [7, 11) is 0. The van der Waals surface area contributed by atoms with Crippen LogP contribution >= 0.6 is 0 Å². The van der Waals surface area contributed by atoms with Gasteiger partial charge in [0.05, 0.1) is 0 Å². The number of hydrogen-bond donors (Lipinski definition) is 0. The molecule has 0 spiro atoms. The molecular weight excluding hydrogens is 163 g/mol. The zero-order chi connectivity index (χ0) is 9.84. The Morgan fingerprint density at radius 3 is 2.77 bits per heavy atom. The second-order valence-electron chi connectivity index (χ2n) is 2.95. The first-order valence-corrected chi connectivity index (χ1v) is 4.24. The quantitative estimate of drug-likeness (QED) is 0.613. The fraction of sp³-hybridized carbons (Fsp3) is 0.167. The van der Waals surface area contributed by atoms with E-state index in [2.05, 4.69) is 6.58 Å². The summed E-state index contributed by atoms with van der Waals surface area (Å²) in [4.78, 5) is 0. The molecule has 0 aromatic heterocycles. The van der Waals surface area contributed by atoms with Crippen LogP contribution < -0.4 is 10.4 Å². The molecule has 1 heteroatoms. The lowest BCUT2D eigenvalue weighted by atomic mass is 10.1. The van der Waals surface area contributed by atoms with Crippen LogP contribution in [0.15, 0.2) is 30.4 Å². The third-order valence-corrected chi connectivity index (χ3v) is 1.96. The number of benzene rings is 1. The molecular formula is C12H13F. The summed E-state index contributed by atoms with van der Waals surface area (Å²) >= 11 is 0. The number of hydrogen-bond acceptors (Lipinski definition) is 0. The summed E-state index contributed by atoms with van der Waals surface area (Å²) in [5.74, 6) is -0.249. The first-order chi connectivity index (χ1) is 6.16. The predicted octanol–water partition coefficient (Wildman–Crippen LogP) is 1.98. The van der Waals surface area contributed by atoms with Crippen molar-refractivity contribution in [1.82, 2.24) is 0 Å². The SMILES string of the molecule is C=c1c(F)ccc/c1=C(C)/C=C\C. The van der Waals surface area contributed by atoms with Crippen LogP contribution in [-0.2, 0) is 0 Å². The summed E-state index contributed by atoms with van der Waals surface area (Å²) in [5, 5.41) is 1.34. The third kappa shape index (κ3) is 2.05. The van der Waals surface area contributed by atoms with Gasteiger partial charge in [0.1, 0.15) is 5.82 Å². The topological polar surface area (TPSA) is 0 Å². The highest BCUT2D eigenvalue weighted by atomic mass is 19.1. The molecule has 0 nitrogen and oxygen atoms in total. The average molecular weight is 176 g/mol. The van der Waals surface area contributed by atoms with E-state index in [0.29, 0.717) is 5.22 Å². The Labute approximate surface area is 77.7 Å². The predicted molar refractivity (Wildman–Crippen MR) is 55.1 cm³/mol. The molecule has 68 valence electrons. The Morgan fingerprint density at radius 2 is 2.15 bits per heavy atom. The van der Waals surface area contributed by atoms with Crippen molar-refractivity contribution >= 4 is 12.2 Å². The van der Waals surface area contributed by atoms with Crippen molar-refractivity contribution in [2.75, 3.05) is 0 Å². The lowest BCUT2D eigenvalue weighted by Crippen LogP contribution is -2.27. The summed E-state index contributed by atoms with van der Waals surface area (Å²) in [6, 6.07) is 5.00. The van der Waals surface area contributed by atoms with Crippen molar-refractivity contribution in [1.29, 1.82) is 0 Å². The lowest BCUT2D eigenvalue weighted by Gasteiger charge is -1.94. The summed E-state index contributed by atoms with van der Waals surface area (Å²) in [6.07, 6.45) is 3.88. The monoisotopic (exact) mass is 176 g/mol. The summed E-state index contributed by atoms with van der Waals surface area (Å²) in [5.41, 5.74) is 1.03. The van der Waals surface area contributed by atoms with Gasteiger partial charge in [0, 0.05) is 5.22 Å². The Kier molecular flexibility index (Phi) is 3.02. The molecule has 0 atom stereocenters. The first-order valence-electron chi connectivity index (χ1n) is 4.24. The smallest absolute Gasteiger partial charge is 0.130 e. The molecule has 13 heavy (non-hydrogen) atoms.